The second-order valence-electron chi connectivity index (χ2n) is 27.6. The van der Waals surface area contributed by atoms with Crippen molar-refractivity contribution in [1.82, 2.24) is 0 Å². The van der Waals surface area contributed by atoms with E-state index in [0.717, 1.165) is 54.2 Å². The minimum Gasteiger partial charge on any atom is -0.743 e. The molecule has 4 fully saturated rings. The molecule has 10 aromatic rings. The molecule has 2 unspecified atom stereocenters. The number of sulfone groups is 2. The maximum atomic E-state index is 13.5. The van der Waals surface area contributed by atoms with E-state index in [2.05, 4.69) is 155 Å². The molecule has 1 heterocycles. The Morgan fingerprint density at radius 2 is 0.836 bits per heavy atom. The molecule has 27 heteroatoms. The number of carbonyl (C=O) groups excluding carboxylic acids is 2. The van der Waals surface area contributed by atoms with Gasteiger partial charge >= 0.3 is 26.8 Å². The summed E-state index contributed by atoms with van der Waals surface area (Å²) in [6.07, 6.45) is 0.443. The smallest absolute Gasteiger partial charge is 0.504 e. The van der Waals surface area contributed by atoms with Crippen molar-refractivity contribution in [1.29, 1.82) is 0 Å². The maximum absolute atomic E-state index is 13.5. The van der Waals surface area contributed by atoms with Crippen molar-refractivity contribution in [3.05, 3.63) is 281 Å². The first-order valence-electron chi connectivity index (χ1n) is 34.9. The fourth-order valence-corrected chi connectivity index (χ4v) is 24.3. The summed E-state index contributed by atoms with van der Waals surface area (Å²) in [5, 5.41) is -7.78. The van der Waals surface area contributed by atoms with Gasteiger partial charge in [0, 0.05) is 0 Å². The van der Waals surface area contributed by atoms with Crippen molar-refractivity contribution in [2.75, 3.05) is 0 Å². The first-order valence-corrected chi connectivity index (χ1v) is 43.1. The number of carbonyl (C=O) groups is 2. The number of hydrogen-bond acceptors (Lipinski definition) is 15. The van der Waals surface area contributed by atoms with Gasteiger partial charge in [-0.3, -0.25) is 4.79 Å². The van der Waals surface area contributed by atoms with Gasteiger partial charge in [0.05, 0.1) is 31.7 Å². The molecule has 0 saturated heterocycles. The van der Waals surface area contributed by atoms with Crippen LogP contribution < -0.4 is 4.74 Å². The summed E-state index contributed by atoms with van der Waals surface area (Å²) in [5.41, 5.74) is 11.9. The van der Waals surface area contributed by atoms with Crippen LogP contribution in [0.4, 0.5) is 17.6 Å². The zero-order valence-corrected chi connectivity index (χ0v) is 66.0. The Kier molecular flexibility index (Phi) is 25.8. The summed E-state index contributed by atoms with van der Waals surface area (Å²) >= 11 is 0. The van der Waals surface area contributed by atoms with Crippen LogP contribution >= 0.6 is 0 Å². The predicted molar refractivity (Wildman–Crippen MR) is 412 cm³/mol. The highest BCUT2D eigenvalue weighted by atomic mass is 32.3. The molecule has 5 aliphatic rings. The number of fused-ring (bicyclic) bond motifs is 3. The maximum Gasteiger partial charge on any atom is 0.504 e. The van der Waals surface area contributed by atoms with Gasteiger partial charge < -0.3 is 28.8 Å². The van der Waals surface area contributed by atoms with Crippen LogP contribution in [0.1, 0.15) is 96.1 Å². The van der Waals surface area contributed by atoms with Crippen LogP contribution in [-0.2, 0) is 76.0 Å². The predicted octanol–water partition coefficient (Wildman–Crippen LogP) is 17.8. The van der Waals surface area contributed by atoms with Gasteiger partial charge in [-0.05, 0) is 230 Å². The van der Waals surface area contributed by atoms with Crippen molar-refractivity contribution in [2.45, 2.75) is 156 Å². The van der Waals surface area contributed by atoms with E-state index in [1.165, 1.54) is 41.5 Å². The van der Waals surface area contributed by atoms with Crippen molar-refractivity contribution in [2.24, 2.45) is 23.2 Å². The van der Waals surface area contributed by atoms with E-state index < -0.39 is 84.4 Å². The lowest BCUT2D eigenvalue weighted by atomic mass is 9.49. The molecule has 0 spiro atoms. The number of ether oxygens (including phenoxy) is 3. The fraction of sp³-hybridized carbons (Fsp3) is 0.265. The lowest BCUT2D eigenvalue weighted by Gasteiger charge is -2.55. The average molecular weight is 1610 g/mol. The van der Waals surface area contributed by atoms with Crippen LogP contribution in [-0.4, -0.2) is 86.6 Å². The van der Waals surface area contributed by atoms with Crippen molar-refractivity contribution < 1.29 is 88.9 Å². The van der Waals surface area contributed by atoms with Crippen LogP contribution in [0.15, 0.2) is 276 Å². The third-order valence-corrected chi connectivity index (χ3v) is 30.5. The topological polar surface area (TPSA) is 281 Å². The van der Waals surface area contributed by atoms with Crippen molar-refractivity contribution in [3.63, 3.8) is 0 Å². The molecular formula is C83H80F4N2O15S6. The van der Waals surface area contributed by atoms with Crippen molar-refractivity contribution in [3.8, 4) is 11.5 Å². The average Bonchev–Trinajstić information content (AvgIpc) is 0.733. The Balaban J connectivity index is 0.000000147. The van der Waals surface area contributed by atoms with Gasteiger partial charge in [0.15, 0.2) is 63.5 Å². The molecule has 0 radical (unpaired) electrons. The van der Waals surface area contributed by atoms with Gasteiger partial charge in [-0.25, -0.2) is 38.5 Å². The summed E-state index contributed by atoms with van der Waals surface area (Å²) in [6, 6.07) is 77.5. The van der Waals surface area contributed by atoms with E-state index in [1.54, 1.807) is 82.3 Å². The molecule has 2 atom stereocenters. The van der Waals surface area contributed by atoms with E-state index in [0.29, 0.717) is 71.6 Å². The normalized spacial score (nSPS) is 17.7. The largest absolute Gasteiger partial charge is 0.743 e. The fourth-order valence-electron chi connectivity index (χ4n) is 14.9. The highest BCUT2D eigenvalue weighted by Crippen LogP contribution is 2.61. The molecule has 4 aliphatic carbocycles. The van der Waals surface area contributed by atoms with E-state index in [-0.39, 0.29) is 37.1 Å². The van der Waals surface area contributed by atoms with Gasteiger partial charge in [0.2, 0.25) is 9.79 Å². The Bertz CT molecular complexity index is 5260. The molecule has 0 aromatic heterocycles. The highest BCUT2D eigenvalue weighted by molar-refractivity contribution is 8.31. The number of para-hydroxylation sites is 2. The SMILES string of the molecule is CC(OC(=O)C12CC3CC(CC(C3)C1)C2)C(F)(F)S(=O)(=O)[O-].CC(OC(=O)c1ccc2ccccc2c1)C(F)(F)S(=O)(=O)[O-].Cc1cc(C)c(S(=O)(=O)C(=[N+]=[N-])S(=O)(=O)c2c(C)cc(C)cc2C)c(C)c1.c1ccc([S+](c2ccccc2)c2ccccc2)cc1.c1ccc([S+]2c3ccccc3Oc3ccccc32)cc1. The number of aryl methyl sites for hydroxylation is 6. The van der Waals surface area contributed by atoms with Crippen molar-refractivity contribution >= 4 is 88.8 Å². The summed E-state index contributed by atoms with van der Waals surface area (Å²) in [6.45, 7) is 11.4. The minimum absolute atomic E-state index is 0.0146. The van der Waals surface area contributed by atoms with Crippen LogP contribution in [0, 0.1) is 64.7 Å². The van der Waals surface area contributed by atoms with E-state index in [1.807, 2.05) is 38.1 Å². The number of esters is 2. The van der Waals surface area contributed by atoms with E-state index in [4.69, 9.17) is 9.47 Å². The molecule has 4 bridgehead atoms. The van der Waals surface area contributed by atoms with Gasteiger partial charge in [-0.2, -0.15) is 17.6 Å². The third kappa shape index (κ3) is 18.5. The molecule has 0 amide bonds. The minimum atomic E-state index is -5.92. The summed E-state index contributed by atoms with van der Waals surface area (Å²) in [4.78, 5) is 34.6. The molecule has 1 aliphatic heterocycles. The Hall–Kier alpha value is -9.28. The summed E-state index contributed by atoms with van der Waals surface area (Å²) in [5.74, 6) is 1.33. The Morgan fingerprint density at radius 3 is 1.22 bits per heavy atom. The first kappa shape index (κ1) is 83.2. The summed E-state index contributed by atoms with van der Waals surface area (Å²) in [7, 11) is -21.0. The second kappa shape index (κ2) is 34.1. The molecule has 4 saturated carbocycles. The van der Waals surface area contributed by atoms with Crippen LogP contribution in [0.25, 0.3) is 16.3 Å². The molecule has 15 rings (SSSR count). The van der Waals surface area contributed by atoms with E-state index >= 15 is 0 Å². The number of hydrogen-bond donors (Lipinski definition) is 0. The second-order valence-corrected chi connectivity index (χ2v) is 38.3. The molecule has 576 valence electrons. The van der Waals surface area contributed by atoms with Gasteiger partial charge in [-0.15, -0.1) is 4.79 Å². The number of rotatable bonds is 14. The van der Waals surface area contributed by atoms with Gasteiger partial charge in [0.25, 0.3) is 19.7 Å². The Morgan fingerprint density at radius 1 is 0.491 bits per heavy atom. The van der Waals surface area contributed by atoms with Crippen LogP contribution in [0.2, 0.25) is 0 Å². The highest BCUT2D eigenvalue weighted by Gasteiger charge is 2.58. The lowest BCUT2D eigenvalue weighted by molar-refractivity contribution is -0.185. The first-order chi connectivity index (χ1) is 51.9. The zero-order chi connectivity index (χ0) is 79.9. The lowest BCUT2D eigenvalue weighted by Crippen LogP contribution is -2.52. The number of nitrogens with zero attached hydrogens (tertiary/aromatic N) is 2. The molecular weight excluding hydrogens is 1530 g/mol. The molecule has 17 nitrogen and oxygen atoms in total. The molecule has 110 heavy (non-hydrogen) atoms. The van der Waals surface area contributed by atoms with Crippen LogP contribution in [0.3, 0.4) is 0 Å². The number of alkyl halides is 4. The third-order valence-electron chi connectivity index (χ3n) is 19.2. The molecule has 10 aromatic carbocycles. The molecule has 0 N–H and O–H groups in total. The van der Waals surface area contributed by atoms with Crippen LogP contribution in [0.5, 0.6) is 11.5 Å². The van der Waals surface area contributed by atoms with Gasteiger partial charge in [-0.1, -0.05) is 163 Å². The summed E-state index contributed by atoms with van der Waals surface area (Å²) < 4.78 is 183. The standard InChI is InChI=1S/C19H22N2O4S2.C18H13OS.C18H15S.C14H20F2O5S.C14H12F2O5S/c1-11-7-13(3)17(14(4)8-11)26(22,23)19(21-20)27(24,25)18-15(5)9-12(2)10-16(18)6;1-2-8-14(9-3-1)20-17-12-6-4-10-15(17)19-16-11-5-7-13-18(16)20;1-4-10-16(11-5-1)19(17-12-6-2-7-13-17)18-14-8-3-9-15-18;1-8(14(15,16)22(18,19)20)21-12(17)13-5-9-2-10(6-13)4-11(3-9)7-13;1-9(14(15,16)22(18,19)20)21-13(17)12-7-6-10-4-2-3-5-11(10)8-12/h7-10H,1-6H3;1-13H;1-15H;8-11H,2-7H2,1H3,(H,18,19,20);2-9H,1H3,(H,18,19,20)/q;2*+1;;/p-2. The zero-order valence-electron chi connectivity index (χ0n) is 61.1. The quantitative estimate of drug-likeness (QED) is 0.0143. The monoisotopic (exact) mass is 1610 g/mol. The van der Waals surface area contributed by atoms with Gasteiger partial charge in [0.1, 0.15) is 10.9 Å². The Labute approximate surface area is 644 Å². The number of benzene rings is 10. The number of halogens is 4. The van der Waals surface area contributed by atoms with E-state index in [9.17, 15) is 75.5 Å².